The summed E-state index contributed by atoms with van der Waals surface area (Å²) in [5.41, 5.74) is 0.196. The normalized spacial score (nSPS) is 11.3. The zero-order valence-corrected chi connectivity index (χ0v) is 12.7. The summed E-state index contributed by atoms with van der Waals surface area (Å²) in [5, 5.41) is 11.4. The maximum atomic E-state index is 11.4. The smallest absolute Gasteiger partial charge is 0.142 e. The van der Waals surface area contributed by atoms with Gasteiger partial charge in [0, 0.05) is 15.7 Å². The van der Waals surface area contributed by atoms with Gasteiger partial charge >= 0.3 is 0 Å². The summed E-state index contributed by atoms with van der Waals surface area (Å²) in [4.78, 5) is 12.7. The SMILES string of the molecule is CCCCC(C)(C)N(C(=O)[O-])c1ccc(Br)cc1. The van der Waals surface area contributed by atoms with Crippen molar-refractivity contribution in [3.63, 3.8) is 0 Å². The molecule has 0 saturated carbocycles. The second-order valence-corrected chi connectivity index (χ2v) is 5.91. The molecule has 3 nitrogen and oxygen atoms in total. The number of benzene rings is 1. The summed E-state index contributed by atoms with van der Waals surface area (Å²) in [6.07, 6.45) is 1.70. The van der Waals surface area contributed by atoms with Crippen molar-refractivity contribution in [3.8, 4) is 0 Å². The number of rotatable bonds is 5. The predicted molar refractivity (Wildman–Crippen MR) is 75.6 cm³/mol. The average Bonchev–Trinajstić information content (AvgIpc) is 2.29. The van der Waals surface area contributed by atoms with Gasteiger partial charge in [-0.25, -0.2) is 0 Å². The van der Waals surface area contributed by atoms with E-state index in [-0.39, 0.29) is 0 Å². The van der Waals surface area contributed by atoms with E-state index in [4.69, 9.17) is 0 Å². The number of carbonyl (C=O) groups excluding carboxylic acids is 1. The lowest BCUT2D eigenvalue weighted by molar-refractivity contribution is -0.248. The topological polar surface area (TPSA) is 43.4 Å². The Bertz CT molecular complexity index is 401. The molecule has 0 saturated heterocycles. The molecule has 0 heterocycles. The van der Waals surface area contributed by atoms with Crippen molar-refractivity contribution in [3.05, 3.63) is 28.7 Å². The van der Waals surface area contributed by atoms with Crippen LogP contribution >= 0.6 is 15.9 Å². The van der Waals surface area contributed by atoms with E-state index in [1.165, 1.54) is 4.90 Å². The van der Waals surface area contributed by atoms with Crippen LogP contribution in [0.4, 0.5) is 10.5 Å². The first-order valence-corrected chi connectivity index (χ1v) is 6.94. The molecule has 0 unspecified atom stereocenters. The van der Waals surface area contributed by atoms with E-state index in [0.717, 1.165) is 23.7 Å². The van der Waals surface area contributed by atoms with Crippen LogP contribution < -0.4 is 10.0 Å². The fourth-order valence-electron chi connectivity index (χ4n) is 2.01. The first-order valence-electron chi connectivity index (χ1n) is 6.15. The Kier molecular flexibility index (Phi) is 5.20. The number of halogens is 1. The maximum Gasteiger partial charge on any atom is 0.142 e. The minimum atomic E-state index is -1.15. The lowest BCUT2D eigenvalue weighted by Gasteiger charge is -2.40. The molecule has 1 aromatic carbocycles. The van der Waals surface area contributed by atoms with E-state index >= 15 is 0 Å². The van der Waals surface area contributed by atoms with Crippen molar-refractivity contribution in [2.75, 3.05) is 4.90 Å². The van der Waals surface area contributed by atoms with Gasteiger partial charge in [0.25, 0.3) is 0 Å². The number of carbonyl (C=O) groups is 1. The van der Waals surface area contributed by atoms with Gasteiger partial charge < -0.3 is 14.8 Å². The zero-order chi connectivity index (χ0) is 13.8. The molecule has 0 atom stereocenters. The van der Waals surface area contributed by atoms with Crippen LogP contribution in [0.1, 0.15) is 40.0 Å². The van der Waals surface area contributed by atoms with Gasteiger partial charge in [-0.3, -0.25) is 0 Å². The molecule has 0 aliphatic rings. The maximum absolute atomic E-state index is 11.4. The molecule has 0 aromatic heterocycles. The Morgan fingerprint density at radius 1 is 1.33 bits per heavy atom. The zero-order valence-electron chi connectivity index (χ0n) is 11.1. The van der Waals surface area contributed by atoms with Crippen molar-refractivity contribution in [2.24, 2.45) is 0 Å². The summed E-state index contributed by atoms with van der Waals surface area (Å²) in [7, 11) is 0. The molecule has 1 rings (SSSR count). The number of unbranched alkanes of at least 4 members (excludes halogenated alkanes) is 1. The summed E-state index contributed by atoms with van der Waals surface area (Å²) >= 11 is 3.34. The average molecular weight is 313 g/mol. The first kappa shape index (κ1) is 15.0. The van der Waals surface area contributed by atoms with E-state index in [2.05, 4.69) is 22.9 Å². The summed E-state index contributed by atoms with van der Waals surface area (Å²) in [6, 6.07) is 7.24. The number of amides is 1. The van der Waals surface area contributed by atoms with Crippen molar-refractivity contribution < 1.29 is 9.90 Å². The Morgan fingerprint density at radius 2 is 1.89 bits per heavy atom. The number of hydrogen-bond acceptors (Lipinski definition) is 2. The van der Waals surface area contributed by atoms with E-state index in [0.29, 0.717) is 5.69 Å². The summed E-state index contributed by atoms with van der Waals surface area (Å²) < 4.78 is 0.927. The number of hydrogen-bond donors (Lipinski definition) is 0. The van der Waals surface area contributed by atoms with Gasteiger partial charge in [0.1, 0.15) is 6.09 Å². The molecule has 4 heteroatoms. The lowest BCUT2D eigenvalue weighted by atomic mass is 9.95. The van der Waals surface area contributed by atoms with Gasteiger partial charge in [-0.15, -0.1) is 0 Å². The molecule has 0 fully saturated rings. The lowest BCUT2D eigenvalue weighted by Crippen LogP contribution is -2.53. The highest BCUT2D eigenvalue weighted by Gasteiger charge is 2.27. The van der Waals surface area contributed by atoms with Gasteiger partial charge in [-0.2, -0.15) is 0 Å². The van der Waals surface area contributed by atoms with Gasteiger partial charge in [-0.05, 0) is 44.5 Å². The Hall–Kier alpha value is -1.03. The number of nitrogens with zero attached hydrogens (tertiary/aromatic N) is 1. The third-order valence-corrected chi connectivity index (χ3v) is 3.54. The van der Waals surface area contributed by atoms with E-state index in [9.17, 15) is 9.90 Å². The van der Waals surface area contributed by atoms with Gasteiger partial charge in [0.05, 0.1) is 0 Å². The van der Waals surface area contributed by atoms with E-state index < -0.39 is 11.6 Å². The van der Waals surface area contributed by atoms with Crippen LogP contribution in [0.5, 0.6) is 0 Å². The Balaban J connectivity index is 3.02. The summed E-state index contributed by atoms with van der Waals surface area (Å²) in [5.74, 6) is 0. The molecular weight excluding hydrogens is 294 g/mol. The van der Waals surface area contributed by atoms with Crippen molar-refractivity contribution in [1.82, 2.24) is 0 Å². The molecule has 100 valence electrons. The second-order valence-electron chi connectivity index (χ2n) is 4.99. The van der Waals surface area contributed by atoms with Gasteiger partial charge in [0.15, 0.2) is 0 Å². The minimum Gasteiger partial charge on any atom is -0.530 e. The Labute approximate surface area is 117 Å². The largest absolute Gasteiger partial charge is 0.530 e. The van der Waals surface area contributed by atoms with Gasteiger partial charge in [-0.1, -0.05) is 35.7 Å². The third kappa shape index (κ3) is 3.73. The minimum absolute atomic E-state index is 0.456. The standard InChI is InChI=1S/C14H20BrNO2/c1-4-5-10-14(2,3)16(13(17)18)12-8-6-11(15)7-9-12/h6-9H,4-5,10H2,1-3H3,(H,17,18)/p-1. The second kappa shape index (κ2) is 6.23. The molecule has 0 aliphatic heterocycles. The molecule has 0 N–H and O–H groups in total. The Morgan fingerprint density at radius 3 is 2.33 bits per heavy atom. The highest BCUT2D eigenvalue weighted by molar-refractivity contribution is 9.10. The molecule has 0 aliphatic carbocycles. The van der Waals surface area contributed by atoms with Crippen molar-refractivity contribution in [2.45, 2.75) is 45.6 Å². The molecule has 0 bridgehead atoms. The molecule has 18 heavy (non-hydrogen) atoms. The van der Waals surface area contributed by atoms with Crippen LogP contribution in [0.3, 0.4) is 0 Å². The number of anilines is 1. The van der Waals surface area contributed by atoms with Crippen LogP contribution in [-0.4, -0.2) is 11.6 Å². The van der Waals surface area contributed by atoms with Crippen LogP contribution in [-0.2, 0) is 0 Å². The van der Waals surface area contributed by atoms with Crippen LogP contribution in [0.2, 0.25) is 0 Å². The predicted octanol–water partition coefficient (Wildman–Crippen LogP) is 3.57. The molecular formula is C14H19BrNO2-. The molecule has 1 amide bonds. The third-order valence-electron chi connectivity index (χ3n) is 3.01. The van der Waals surface area contributed by atoms with Crippen LogP contribution in [0.15, 0.2) is 28.7 Å². The fraction of sp³-hybridized carbons (Fsp3) is 0.500. The monoisotopic (exact) mass is 312 g/mol. The number of carboxylic acid groups (broad SMARTS) is 1. The first-order chi connectivity index (χ1) is 8.38. The van der Waals surface area contributed by atoms with Crippen LogP contribution in [0.25, 0.3) is 0 Å². The van der Waals surface area contributed by atoms with E-state index in [1.807, 2.05) is 26.0 Å². The molecule has 0 radical (unpaired) electrons. The highest BCUT2D eigenvalue weighted by Crippen LogP contribution is 2.28. The molecule has 0 spiro atoms. The summed E-state index contributed by atoms with van der Waals surface area (Å²) in [6.45, 7) is 5.96. The van der Waals surface area contributed by atoms with Crippen molar-refractivity contribution in [1.29, 1.82) is 0 Å². The van der Waals surface area contributed by atoms with Crippen LogP contribution in [0, 0.1) is 0 Å². The molecule has 1 aromatic rings. The van der Waals surface area contributed by atoms with Gasteiger partial charge in [0.2, 0.25) is 0 Å². The quantitative estimate of drug-likeness (QED) is 0.834. The fourth-order valence-corrected chi connectivity index (χ4v) is 2.28. The van der Waals surface area contributed by atoms with Crippen molar-refractivity contribution >= 4 is 27.7 Å². The van der Waals surface area contributed by atoms with E-state index in [1.54, 1.807) is 12.1 Å². The highest BCUT2D eigenvalue weighted by atomic mass is 79.9.